The second kappa shape index (κ2) is 6.18. The van der Waals surface area contributed by atoms with Crippen LogP contribution >= 0.6 is 0 Å². The Morgan fingerprint density at radius 2 is 2.10 bits per heavy atom. The predicted octanol–water partition coefficient (Wildman–Crippen LogP) is -0.111. The van der Waals surface area contributed by atoms with Gasteiger partial charge in [-0.25, -0.2) is 0 Å². The van der Waals surface area contributed by atoms with Crippen LogP contribution in [-0.4, -0.2) is 29.3 Å². The number of anilines is 1. The van der Waals surface area contributed by atoms with Gasteiger partial charge < -0.3 is 16.1 Å². The van der Waals surface area contributed by atoms with Gasteiger partial charge in [-0.15, -0.1) is 0 Å². The third-order valence-corrected chi connectivity index (χ3v) is 2.96. The molecule has 0 spiro atoms. The fraction of sp³-hybridized carbons (Fsp3) is 0.333. The second-order valence-corrected chi connectivity index (χ2v) is 4.66. The molecule has 0 bridgehead atoms. The maximum Gasteiger partial charge on any atom is 0.282 e. The van der Waals surface area contributed by atoms with Gasteiger partial charge in [0.05, 0.1) is 11.5 Å². The molecule has 9 heteroatoms. The minimum Gasteiger partial charge on any atom is -0.352 e. The van der Waals surface area contributed by atoms with E-state index < -0.39 is 10.8 Å². The smallest absolute Gasteiger partial charge is 0.282 e. The highest BCUT2D eigenvalue weighted by atomic mass is 16.6. The maximum absolute atomic E-state index is 12.0. The molecule has 112 valence electrons. The van der Waals surface area contributed by atoms with Crippen LogP contribution in [0.3, 0.4) is 0 Å². The summed E-state index contributed by atoms with van der Waals surface area (Å²) in [6.07, 6.45) is 1.88. The molecule has 0 atom stereocenters. The molecule has 1 fully saturated rings. The molecule has 0 saturated heterocycles. The molecule has 21 heavy (non-hydrogen) atoms. The van der Waals surface area contributed by atoms with Crippen molar-refractivity contribution in [3.8, 4) is 0 Å². The zero-order chi connectivity index (χ0) is 15.4. The monoisotopic (exact) mass is 293 g/mol. The number of nitrogen functional groups attached to an aromatic ring is 1. The van der Waals surface area contributed by atoms with Gasteiger partial charge >= 0.3 is 0 Å². The van der Waals surface area contributed by atoms with Crippen molar-refractivity contribution in [2.45, 2.75) is 18.9 Å². The molecule has 2 rings (SSSR count). The van der Waals surface area contributed by atoms with E-state index in [9.17, 15) is 19.7 Å². The van der Waals surface area contributed by atoms with Gasteiger partial charge in [0.25, 0.3) is 11.6 Å². The number of hydrazine groups is 1. The first kappa shape index (κ1) is 14.7. The number of nitrogens with one attached hydrogen (secondary N) is 3. The Morgan fingerprint density at radius 3 is 2.67 bits per heavy atom. The van der Waals surface area contributed by atoms with Crippen molar-refractivity contribution in [2.24, 2.45) is 5.84 Å². The normalized spacial score (nSPS) is 13.4. The van der Waals surface area contributed by atoms with Gasteiger partial charge in [-0.05, 0) is 25.0 Å². The van der Waals surface area contributed by atoms with E-state index in [0.29, 0.717) is 5.69 Å². The van der Waals surface area contributed by atoms with Crippen molar-refractivity contribution in [2.75, 3.05) is 12.0 Å². The van der Waals surface area contributed by atoms with Crippen LogP contribution in [0.4, 0.5) is 11.4 Å². The number of nitrogens with two attached hydrogens (primary N) is 1. The summed E-state index contributed by atoms with van der Waals surface area (Å²) in [5.74, 6) is 4.19. The largest absolute Gasteiger partial charge is 0.352 e. The fourth-order valence-corrected chi connectivity index (χ4v) is 1.73. The number of benzene rings is 1. The summed E-state index contributed by atoms with van der Waals surface area (Å²) < 4.78 is 0. The Morgan fingerprint density at radius 1 is 1.38 bits per heavy atom. The highest BCUT2D eigenvalue weighted by Crippen LogP contribution is 2.22. The summed E-state index contributed by atoms with van der Waals surface area (Å²) >= 11 is 0. The third-order valence-electron chi connectivity index (χ3n) is 2.96. The van der Waals surface area contributed by atoms with Crippen molar-refractivity contribution in [3.05, 3.63) is 33.9 Å². The number of carbonyl (C=O) groups is 2. The van der Waals surface area contributed by atoms with E-state index in [4.69, 9.17) is 5.84 Å². The minimum absolute atomic E-state index is 0.158. The first-order chi connectivity index (χ1) is 10.0. The van der Waals surface area contributed by atoms with Crippen LogP contribution in [-0.2, 0) is 4.79 Å². The van der Waals surface area contributed by atoms with Crippen LogP contribution in [0.15, 0.2) is 18.2 Å². The van der Waals surface area contributed by atoms with Crippen molar-refractivity contribution in [1.29, 1.82) is 0 Å². The zero-order valence-electron chi connectivity index (χ0n) is 11.1. The molecule has 1 aromatic carbocycles. The number of hydrogen-bond donors (Lipinski definition) is 4. The van der Waals surface area contributed by atoms with E-state index in [0.717, 1.165) is 12.8 Å². The van der Waals surface area contributed by atoms with Crippen molar-refractivity contribution < 1.29 is 14.5 Å². The van der Waals surface area contributed by atoms with E-state index in [1.807, 2.05) is 0 Å². The summed E-state index contributed by atoms with van der Waals surface area (Å²) in [7, 11) is 0. The number of hydrogen-bond acceptors (Lipinski definition) is 6. The van der Waals surface area contributed by atoms with Crippen molar-refractivity contribution in [3.63, 3.8) is 0 Å². The van der Waals surface area contributed by atoms with Gasteiger partial charge in [-0.2, -0.15) is 0 Å². The lowest BCUT2D eigenvalue weighted by atomic mass is 10.1. The van der Waals surface area contributed by atoms with Crippen LogP contribution in [0.5, 0.6) is 0 Å². The zero-order valence-corrected chi connectivity index (χ0v) is 11.1. The molecule has 0 aromatic heterocycles. The van der Waals surface area contributed by atoms with Gasteiger partial charge in [-0.1, -0.05) is 0 Å². The van der Waals surface area contributed by atoms with E-state index in [1.54, 1.807) is 0 Å². The molecule has 0 unspecified atom stereocenters. The first-order valence-electron chi connectivity index (χ1n) is 6.34. The first-order valence-corrected chi connectivity index (χ1v) is 6.34. The molecule has 0 radical (unpaired) electrons. The molecule has 0 aliphatic heterocycles. The molecule has 2 amide bonds. The molecule has 1 aromatic rings. The van der Waals surface area contributed by atoms with Gasteiger partial charge in [-0.3, -0.25) is 25.5 Å². The Balaban J connectivity index is 2.05. The molecule has 5 N–H and O–H groups in total. The number of carbonyl (C=O) groups excluding carboxylic acids is 2. The molecule has 1 aliphatic carbocycles. The topological polar surface area (TPSA) is 139 Å². The van der Waals surface area contributed by atoms with E-state index in [2.05, 4.69) is 16.1 Å². The summed E-state index contributed by atoms with van der Waals surface area (Å²) in [6.45, 7) is -0.229. The number of nitro groups is 1. The molecule has 0 heterocycles. The Bertz CT molecular complexity index is 585. The standard InChI is InChI=1S/C12H15N5O4/c13-16-8-3-4-10(17(20)21)9(5-8)12(19)14-6-11(18)15-7-1-2-7/h3-5,7,16H,1-2,6,13H2,(H,14,19)(H,15,18). The van der Waals surface area contributed by atoms with Gasteiger partial charge in [0.1, 0.15) is 5.56 Å². The summed E-state index contributed by atoms with van der Waals surface area (Å²) in [5.41, 5.74) is 2.15. The Kier molecular flexibility index (Phi) is 4.33. The van der Waals surface area contributed by atoms with Gasteiger partial charge in [0.2, 0.25) is 5.91 Å². The number of nitrogens with zero attached hydrogens (tertiary/aromatic N) is 1. The fourth-order valence-electron chi connectivity index (χ4n) is 1.73. The predicted molar refractivity (Wildman–Crippen MR) is 74.4 cm³/mol. The quantitative estimate of drug-likeness (QED) is 0.328. The summed E-state index contributed by atoms with van der Waals surface area (Å²) in [4.78, 5) is 33.7. The third kappa shape index (κ3) is 3.89. The maximum atomic E-state index is 12.0. The molecular formula is C12H15N5O4. The summed E-state index contributed by atoms with van der Waals surface area (Å²) in [6, 6.07) is 4.00. The summed E-state index contributed by atoms with van der Waals surface area (Å²) in [5, 5.41) is 16.0. The minimum atomic E-state index is -0.704. The van der Waals surface area contributed by atoms with E-state index >= 15 is 0 Å². The SMILES string of the molecule is NNc1ccc([N+](=O)[O-])c(C(=O)NCC(=O)NC2CC2)c1. The average molecular weight is 293 g/mol. The molecule has 1 saturated carbocycles. The number of nitro benzene ring substituents is 1. The lowest BCUT2D eigenvalue weighted by Crippen LogP contribution is -2.38. The van der Waals surface area contributed by atoms with E-state index in [1.165, 1.54) is 18.2 Å². The highest BCUT2D eigenvalue weighted by molar-refractivity contribution is 6.00. The highest BCUT2D eigenvalue weighted by Gasteiger charge is 2.24. The van der Waals surface area contributed by atoms with Gasteiger partial charge in [0.15, 0.2) is 0 Å². The lowest BCUT2D eigenvalue weighted by molar-refractivity contribution is -0.385. The van der Waals surface area contributed by atoms with Crippen LogP contribution in [0, 0.1) is 10.1 Å². The van der Waals surface area contributed by atoms with Crippen LogP contribution in [0.25, 0.3) is 0 Å². The number of amides is 2. The van der Waals surface area contributed by atoms with Crippen molar-refractivity contribution >= 4 is 23.2 Å². The van der Waals surface area contributed by atoms with E-state index in [-0.39, 0.29) is 29.7 Å². The van der Waals surface area contributed by atoms with Crippen LogP contribution < -0.4 is 21.9 Å². The lowest BCUT2D eigenvalue weighted by Gasteiger charge is -2.08. The van der Waals surface area contributed by atoms with Crippen LogP contribution in [0.1, 0.15) is 23.2 Å². The molecular weight excluding hydrogens is 278 g/mol. The van der Waals surface area contributed by atoms with Crippen molar-refractivity contribution in [1.82, 2.24) is 10.6 Å². The average Bonchev–Trinajstić information content (AvgIpc) is 3.27. The Hall–Kier alpha value is -2.68. The Labute approximate surface area is 120 Å². The van der Waals surface area contributed by atoms with Crippen LogP contribution in [0.2, 0.25) is 0 Å². The molecule has 9 nitrogen and oxygen atoms in total. The second-order valence-electron chi connectivity index (χ2n) is 4.66. The van der Waals surface area contributed by atoms with Gasteiger partial charge in [0, 0.05) is 17.8 Å². The number of rotatable bonds is 6. The molecule has 1 aliphatic rings.